The van der Waals surface area contributed by atoms with E-state index in [1.165, 1.54) is 20.0 Å². The molecule has 22 heavy (non-hydrogen) atoms. The Morgan fingerprint density at radius 2 is 1.91 bits per heavy atom. The Morgan fingerprint density at radius 1 is 1.27 bits per heavy atom. The minimum atomic E-state index is -1.25. The standard InChI is InChI=1S/C15H16ClNO4S/c1-4-22-12-6-5-9(16)7-11(12)17-8-10-13(18)20-15(2,3)21-14(10)19/h5-8,17H,4H2,1-3H3. The number of hydrogen-bond donors (Lipinski definition) is 1. The molecule has 0 aliphatic carbocycles. The normalized spacial score (nSPS) is 16.8. The fourth-order valence-electron chi connectivity index (χ4n) is 1.82. The second-order valence-electron chi connectivity index (χ2n) is 4.95. The quantitative estimate of drug-likeness (QED) is 0.391. The van der Waals surface area contributed by atoms with Gasteiger partial charge in [-0.2, -0.15) is 0 Å². The van der Waals surface area contributed by atoms with Crippen LogP contribution in [-0.2, 0) is 19.1 Å². The van der Waals surface area contributed by atoms with Crippen LogP contribution >= 0.6 is 23.4 Å². The molecule has 0 atom stereocenters. The number of rotatable bonds is 4. The number of benzene rings is 1. The summed E-state index contributed by atoms with van der Waals surface area (Å²) in [5, 5.41) is 3.48. The highest BCUT2D eigenvalue weighted by atomic mass is 35.5. The van der Waals surface area contributed by atoms with E-state index < -0.39 is 17.7 Å². The van der Waals surface area contributed by atoms with Crippen LogP contribution < -0.4 is 5.32 Å². The van der Waals surface area contributed by atoms with Crippen molar-refractivity contribution < 1.29 is 19.1 Å². The average molecular weight is 342 g/mol. The third-order valence-corrected chi connectivity index (χ3v) is 3.92. The van der Waals surface area contributed by atoms with Gasteiger partial charge in [0.15, 0.2) is 5.57 Å². The van der Waals surface area contributed by atoms with Gasteiger partial charge in [-0.1, -0.05) is 18.5 Å². The lowest BCUT2D eigenvalue weighted by molar-refractivity contribution is -0.222. The molecule has 118 valence electrons. The highest BCUT2D eigenvalue weighted by molar-refractivity contribution is 7.99. The molecule has 7 heteroatoms. The van der Waals surface area contributed by atoms with Crippen LogP contribution in [0.5, 0.6) is 0 Å². The number of esters is 2. The molecule has 1 fully saturated rings. The van der Waals surface area contributed by atoms with Gasteiger partial charge >= 0.3 is 11.9 Å². The summed E-state index contributed by atoms with van der Waals surface area (Å²) in [7, 11) is 0. The van der Waals surface area contributed by atoms with E-state index in [0.717, 1.165) is 10.6 Å². The fraction of sp³-hybridized carbons (Fsp3) is 0.333. The van der Waals surface area contributed by atoms with Crippen molar-refractivity contribution >= 4 is 41.0 Å². The summed E-state index contributed by atoms with van der Waals surface area (Å²) in [5.41, 5.74) is 0.518. The highest BCUT2D eigenvalue weighted by Gasteiger charge is 2.38. The van der Waals surface area contributed by atoms with Crippen LogP contribution in [0.1, 0.15) is 20.8 Å². The van der Waals surface area contributed by atoms with Crippen LogP contribution in [0.3, 0.4) is 0 Å². The number of carbonyl (C=O) groups excluding carboxylic acids is 2. The third kappa shape index (κ3) is 3.96. The van der Waals surface area contributed by atoms with E-state index in [2.05, 4.69) is 5.32 Å². The van der Waals surface area contributed by atoms with E-state index in [9.17, 15) is 9.59 Å². The molecule has 1 heterocycles. The molecule has 0 bridgehead atoms. The van der Waals surface area contributed by atoms with Gasteiger partial charge in [-0.3, -0.25) is 0 Å². The maximum absolute atomic E-state index is 11.9. The highest BCUT2D eigenvalue weighted by Crippen LogP contribution is 2.30. The van der Waals surface area contributed by atoms with Gasteiger partial charge in [0.2, 0.25) is 0 Å². The third-order valence-electron chi connectivity index (χ3n) is 2.73. The van der Waals surface area contributed by atoms with Crippen molar-refractivity contribution in [1.82, 2.24) is 0 Å². The van der Waals surface area contributed by atoms with Gasteiger partial charge in [0, 0.05) is 30.0 Å². The Morgan fingerprint density at radius 3 is 2.50 bits per heavy atom. The zero-order chi connectivity index (χ0) is 16.3. The zero-order valence-corrected chi connectivity index (χ0v) is 14.0. The van der Waals surface area contributed by atoms with E-state index in [0.29, 0.717) is 10.7 Å². The number of halogens is 1. The Bertz CT molecular complexity index is 620. The number of cyclic esters (lactones) is 2. The van der Waals surface area contributed by atoms with Crippen LogP contribution in [0.4, 0.5) is 5.69 Å². The smallest absolute Gasteiger partial charge is 0.350 e. The lowest BCUT2D eigenvalue weighted by atomic mass is 10.2. The van der Waals surface area contributed by atoms with Crippen LogP contribution in [0.2, 0.25) is 5.02 Å². The average Bonchev–Trinajstić information content (AvgIpc) is 2.39. The Labute approximate surface area is 138 Å². The molecule has 1 aromatic rings. The van der Waals surface area contributed by atoms with Gasteiger partial charge < -0.3 is 14.8 Å². The SMILES string of the molecule is CCSc1ccc(Cl)cc1NC=C1C(=O)OC(C)(C)OC1=O. The lowest BCUT2D eigenvalue weighted by Gasteiger charge is -2.29. The second kappa shape index (κ2) is 6.62. The maximum atomic E-state index is 11.9. The van der Waals surface area contributed by atoms with E-state index in [1.807, 2.05) is 13.0 Å². The number of hydrogen-bond acceptors (Lipinski definition) is 6. The summed E-state index contributed by atoms with van der Waals surface area (Å²) in [5.74, 6) is -1.81. The first-order valence-corrected chi connectivity index (χ1v) is 8.04. The minimum absolute atomic E-state index is 0.188. The van der Waals surface area contributed by atoms with Crippen molar-refractivity contribution in [3.63, 3.8) is 0 Å². The molecule has 2 rings (SSSR count). The maximum Gasteiger partial charge on any atom is 0.350 e. The Hall–Kier alpha value is -1.66. The Balaban J connectivity index is 2.23. The molecule has 0 aromatic heterocycles. The molecule has 0 radical (unpaired) electrons. The topological polar surface area (TPSA) is 64.6 Å². The molecule has 5 nitrogen and oxygen atoms in total. The zero-order valence-electron chi connectivity index (χ0n) is 12.4. The predicted molar refractivity (Wildman–Crippen MR) is 85.8 cm³/mol. The van der Waals surface area contributed by atoms with E-state index >= 15 is 0 Å². The monoisotopic (exact) mass is 341 g/mol. The lowest BCUT2D eigenvalue weighted by Crippen LogP contribution is -2.42. The predicted octanol–water partition coefficient (Wildman–Crippen LogP) is 3.58. The van der Waals surface area contributed by atoms with E-state index in [-0.39, 0.29) is 5.57 Å². The first-order chi connectivity index (χ1) is 10.3. The van der Waals surface area contributed by atoms with Crippen LogP contribution in [-0.4, -0.2) is 23.5 Å². The number of anilines is 1. The summed E-state index contributed by atoms with van der Waals surface area (Å²) >= 11 is 7.60. The van der Waals surface area contributed by atoms with E-state index in [1.54, 1.807) is 23.9 Å². The van der Waals surface area contributed by atoms with Crippen molar-refractivity contribution in [2.75, 3.05) is 11.1 Å². The van der Waals surface area contributed by atoms with Crippen molar-refractivity contribution in [2.45, 2.75) is 31.5 Å². The first-order valence-electron chi connectivity index (χ1n) is 6.68. The second-order valence-corrected chi connectivity index (χ2v) is 6.70. The van der Waals surface area contributed by atoms with Crippen molar-refractivity contribution in [2.24, 2.45) is 0 Å². The number of thioether (sulfide) groups is 1. The summed E-state index contributed by atoms with van der Waals surface area (Å²) < 4.78 is 10.1. The van der Waals surface area contributed by atoms with Crippen molar-refractivity contribution in [3.8, 4) is 0 Å². The number of ether oxygens (including phenoxy) is 2. The van der Waals surface area contributed by atoms with E-state index in [4.69, 9.17) is 21.1 Å². The molecule has 1 aliphatic rings. The molecule has 1 aliphatic heterocycles. The van der Waals surface area contributed by atoms with Gasteiger partial charge in [0.05, 0.1) is 5.69 Å². The summed E-state index contributed by atoms with van der Waals surface area (Å²) in [6, 6.07) is 5.38. The van der Waals surface area contributed by atoms with Gasteiger partial charge in [0.1, 0.15) is 0 Å². The summed E-state index contributed by atoms with van der Waals surface area (Å²) in [6.45, 7) is 5.03. The molecular weight excluding hydrogens is 326 g/mol. The van der Waals surface area contributed by atoms with Gasteiger partial charge in [-0.15, -0.1) is 11.8 Å². The van der Waals surface area contributed by atoms with Crippen LogP contribution in [0, 0.1) is 0 Å². The Kier molecular flexibility index (Phi) is 5.03. The van der Waals surface area contributed by atoms with Gasteiger partial charge in [0.25, 0.3) is 5.79 Å². The molecule has 1 saturated heterocycles. The number of carbonyl (C=O) groups is 2. The van der Waals surface area contributed by atoms with Crippen molar-refractivity contribution in [3.05, 3.63) is 35.0 Å². The van der Waals surface area contributed by atoms with Crippen LogP contribution in [0.25, 0.3) is 0 Å². The fourth-order valence-corrected chi connectivity index (χ4v) is 2.75. The molecule has 0 unspecified atom stereocenters. The molecule has 1 N–H and O–H groups in total. The molecule has 0 amide bonds. The van der Waals surface area contributed by atoms with Gasteiger partial charge in [-0.05, 0) is 24.0 Å². The first kappa shape index (κ1) is 16.7. The van der Waals surface area contributed by atoms with Crippen molar-refractivity contribution in [1.29, 1.82) is 0 Å². The molecular formula is C15H16ClNO4S. The molecule has 0 saturated carbocycles. The minimum Gasteiger partial charge on any atom is -0.419 e. The van der Waals surface area contributed by atoms with Gasteiger partial charge in [-0.25, -0.2) is 9.59 Å². The summed E-state index contributed by atoms with van der Waals surface area (Å²) in [4.78, 5) is 24.7. The number of nitrogens with one attached hydrogen (secondary N) is 1. The van der Waals surface area contributed by atoms with Crippen LogP contribution in [0.15, 0.2) is 34.9 Å². The largest absolute Gasteiger partial charge is 0.419 e. The molecule has 1 aromatic carbocycles. The summed E-state index contributed by atoms with van der Waals surface area (Å²) in [6.07, 6.45) is 1.28. The molecule has 0 spiro atoms.